The van der Waals surface area contributed by atoms with Crippen LogP contribution >= 0.6 is 0 Å². The maximum Gasteiger partial charge on any atom is 0.269 e. The summed E-state index contributed by atoms with van der Waals surface area (Å²) in [7, 11) is 0. The van der Waals surface area contributed by atoms with Crippen molar-refractivity contribution in [1.82, 2.24) is 12.9 Å². The Morgan fingerprint density at radius 3 is 0.750 bits per heavy atom. The topological polar surface area (TPSA) is 9.72 Å². The van der Waals surface area contributed by atoms with Crippen molar-refractivity contribution >= 4 is 11.5 Å². The van der Waals surface area contributed by atoms with Crippen LogP contribution in [0.15, 0.2) is 75.9 Å². The second-order valence-electron chi connectivity index (χ2n) is 4.52. The van der Waals surface area contributed by atoms with Crippen LogP contribution in [0.4, 0.5) is 9.41 Å². The van der Waals surface area contributed by atoms with Crippen LogP contribution in [0.1, 0.15) is 0 Å². The maximum atomic E-state index is 3.88. The van der Waals surface area contributed by atoms with Gasteiger partial charge in [0.25, 0.3) is 11.5 Å². The van der Waals surface area contributed by atoms with Crippen molar-refractivity contribution in [1.29, 1.82) is 0 Å². The maximum absolute atomic E-state index is 3.88. The predicted molar refractivity (Wildman–Crippen MR) is 108 cm³/mol. The fourth-order valence-electron chi connectivity index (χ4n) is 1.98. The zero-order valence-corrected chi connectivity index (χ0v) is 15.3. The molecule has 6 heteroatoms. The molecule has 0 fully saturated rings. The zero-order valence-electron chi connectivity index (χ0n) is 14.5. The lowest BCUT2D eigenvalue weighted by atomic mass is 10.5. The van der Waals surface area contributed by atoms with Crippen molar-refractivity contribution in [3.63, 3.8) is 0 Å². The van der Waals surface area contributed by atoms with Gasteiger partial charge in [-0.25, -0.2) is 0 Å². The van der Waals surface area contributed by atoms with Gasteiger partial charge in [0.2, 0.25) is 0 Å². The SMILES string of the molecule is C=CCN(CC=C)[S+](N(CC=C)CC=C)N(CC=C)CC=C.F.F. The summed E-state index contributed by atoms with van der Waals surface area (Å²) in [6.07, 6.45) is 11.5. The minimum absolute atomic E-state index is 0. The molecule has 0 heterocycles. The van der Waals surface area contributed by atoms with E-state index in [0.717, 1.165) is 39.3 Å². The molecule has 0 amide bonds. The van der Waals surface area contributed by atoms with E-state index in [2.05, 4.69) is 52.4 Å². The molecule has 24 heavy (non-hydrogen) atoms. The van der Waals surface area contributed by atoms with Gasteiger partial charge in [0, 0.05) is 0 Å². The molecule has 0 aliphatic carbocycles. The Hall–Kier alpha value is -1.47. The lowest BCUT2D eigenvalue weighted by Gasteiger charge is -2.31. The van der Waals surface area contributed by atoms with Gasteiger partial charge in [-0.1, -0.05) is 49.4 Å². The quantitative estimate of drug-likeness (QED) is 0.326. The van der Waals surface area contributed by atoms with Crippen LogP contribution in [0.2, 0.25) is 0 Å². The summed E-state index contributed by atoms with van der Waals surface area (Å²) in [5.74, 6) is 0. The minimum Gasteiger partial charge on any atom is -0.269 e. The van der Waals surface area contributed by atoms with Crippen molar-refractivity contribution in [3.8, 4) is 0 Å². The first-order valence-corrected chi connectivity index (χ1v) is 8.44. The van der Waals surface area contributed by atoms with E-state index >= 15 is 0 Å². The summed E-state index contributed by atoms with van der Waals surface area (Å²) in [6.45, 7) is 28.0. The molecule has 0 aliphatic heterocycles. The van der Waals surface area contributed by atoms with E-state index in [1.165, 1.54) is 0 Å². The summed E-state index contributed by atoms with van der Waals surface area (Å²) >= 11 is -0.265. The van der Waals surface area contributed by atoms with Crippen LogP contribution in [-0.4, -0.2) is 52.2 Å². The number of rotatable bonds is 15. The third-order valence-electron chi connectivity index (χ3n) is 2.69. The molecule has 0 saturated heterocycles. The van der Waals surface area contributed by atoms with E-state index in [4.69, 9.17) is 0 Å². The van der Waals surface area contributed by atoms with Gasteiger partial charge in [0.1, 0.15) is 0 Å². The second-order valence-corrected chi connectivity index (χ2v) is 6.56. The van der Waals surface area contributed by atoms with Gasteiger partial charge in [-0.3, -0.25) is 9.41 Å². The lowest BCUT2D eigenvalue weighted by Crippen LogP contribution is -2.54. The standard InChI is InChI=1S/C18H30N3S.2FH/c1-7-13-19(14-8-2)22(20(15-9-3)16-10-4)21(17-11-5)18-12-6;;/h7-12H,1-6,13-18H2;2*1H/q+1;;. The highest BCUT2D eigenvalue weighted by atomic mass is 32.2. The van der Waals surface area contributed by atoms with Crippen molar-refractivity contribution in [3.05, 3.63) is 75.9 Å². The third kappa shape index (κ3) is 9.62. The van der Waals surface area contributed by atoms with Crippen LogP contribution in [0.5, 0.6) is 0 Å². The van der Waals surface area contributed by atoms with Crippen molar-refractivity contribution in [2.75, 3.05) is 39.3 Å². The van der Waals surface area contributed by atoms with Crippen LogP contribution in [0, 0.1) is 0 Å². The summed E-state index contributed by atoms with van der Waals surface area (Å²) in [5.41, 5.74) is 0. The molecule has 0 bridgehead atoms. The Balaban J connectivity index is -0.00000220. The van der Waals surface area contributed by atoms with Gasteiger partial charge in [0.15, 0.2) is 0 Å². The fourth-order valence-corrected chi connectivity index (χ4v) is 4.39. The Kier molecular flexibility index (Phi) is 20.4. The smallest absolute Gasteiger partial charge is 0.269 e. The molecule has 0 aromatic carbocycles. The average Bonchev–Trinajstić information content (AvgIpc) is 2.49. The van der Waals surface area contributed by atoms with Gasteiger partial charge < -0.3 is 0 Å². The van der Waals surface area contributed by atoms with Gasteiger partial charge in [-0.2, -0.15) is 0 Å². The highest BCUT2D eigenvalue weighted by Crippen LogP contribution is 2.18. The fraction of sp³-hybridized carbons (Fsp3) is 0.333. The largest absolute Gasteiger partial charge is 0.269 e. The number of nitrogens with zero attached hydrogens (tertiary/aromatic N) is 3. The Labute approximate surface area is 149 Å². The van der Waals surface area contributed by atoms with E-state index in [9.17, 15) is 0 Å². The molecule has 0 radical (unpaired) electrons. The number of hydrogen-bond donors (Lipinski definition) is 0. The van der Waals surface area contributed by atoms with Crippen LogP contribution < -0.4 is 0 Å². The summed E-state index contributed by atoms with van der Waals surface area (Å²) in [4.78, 5) is 0. The Bertz CT molecular complexity index is 301. The second kappa shape index (κ2) is 17.9. The van der Waals surface area contributed by atoms with E-state index < -0.39 is 0 Å². The first-order valence-electron chi connectivity index (χ1n) is 7.34. The molecule has 0 atom stereocenters. The third-order valence-corrected chi connectivity index (χ3v) is 4.97. The highest BCUT2D eigenvalue weighted by molar-refractivity contribution is 7.90. The first kappa shape index (κ1) is 27.4. The molecule has 0 aromatic rings. The van der Waals surface area contributed by atoms with E-state index in [1.54, 1.807) is 0 Å². The van der Waals surface area contributed by atoms with E-state index in [-0.39, 0.29) is 20.9 Å². The van der Waals surface area contributed by atoms with Crippen molar-refractivity contribution < 1.29 is 9.41 Å². The van der Waals surface area contributed by atoms with E-state index in [0.29, 0.717) is 0 Å². The molecular weight excluding hydrogens is 328 g/mol. The molecule has 0 N–H and O–H groups in total. The lowest BCUT2D eigenvalue weighted by molar-refractivity contribution is 0.411. The Morgan fingerprint density at radius 2 is 0.625 bits per heavy atom. The first-order chi connectivity index (χ1) is 10.7. The monoisotopic (exact) mass is 360 g/mol. The summed E-state index contributed by atoms with van der Waals surface area (Å²) in [6, 6.07) is 0. The average molecular weight is 361 g/mol. The van der Waals surface area contributed by atoms with Gasteiger partial charge in [-0.05, 0) is 0 Å². The Morgan fingerprint density at radius 1 is 0.458 bits per heavy atom. The van der Waals surface area contributed by atoms with Crippen molar-refractivity contribution in [2.24, 2.45) is 0 Å². The number of halogens is 2. The van der Waals surface area contributed by atoms with Gasteiger partial charge in [-0.15, -0.1) is 39.5 Å². The molecule has 0 aromatic heterocycles. The van der Waals surface area contributed by atoms with Gasteiger partial charge >= 0.3 is 0 Å². The van der Waals surface area contributed by atoms with E-state index in [1.807, 2.05) is 36.5 Å². The summed E-state index contributed by atoms with van der Waals surface area (Å²) in [5, 5.41) is 0. The number of hydrogen-bond acceptors (Lipinski definition) is 3. The molecule has 0 saturated carbocycles. The minimum atomic E-state index is -0.265. The van der Waals surface area contributed by atoms with Crippen LogP contribution in [0.25, 0.3) is 0 Å². The molecule has 0 aliphatic rings. The molecule has 0 spiro atoms. The predicted octanol–water partition coefficient (Wildman–Crippen LogP) is 3.68. The van der Waals surface area contributed by atoms with Crippen LogP contribution in [0.3, 0.4) is 0 Å². The molecule has 3 nitrogen and oxygen atoms in total. The molecule has 138 valence electrons. The highest BCUT2D eigenvalue weighted by Gasteiger charge is 2.40. The normalized spacial score (nSPS) is 10.0. The zero-order chi connectivity index (χ0) is 16.8. The molecule has 0 rings (SSSR count). The van der Waals surface area contributed by atoms with Crippen molar-refractivity contribution in [2.45, 2.75) is 0 Å². The summed E-state index contributed by atoms with van der Waals surface area (Å²) < 4.78 is 7.00. The van der Waals surface area contributed by atoms with Crippen LogP contribution in [-0.2, 0) is 11.5 Å². The van der Waals surface area contributed by atoms with Gasteiger partial charge in [0.05, 0.1) is 39.3 Å². The molecular formula is C18H32F2N3S+. The molecule has 0 unspecified atom stereocenters.